The first-order valence-corrected chi connectivity index (χ1v) is 8.16. The van der Waals surface area contributed by atoms with Crippen LogP contribution in [0.15, 0.2) is 42.6 Å². The Morgan fingerprint density at radius 3 is 2.74 bits per heavy atom. The molecular weight excluding hydrogens is 361 g/mol. The number of ether oxygens (including phenoxy) is 1. The zero-order valence-electron chi connectivity index (χ0n) is 14.6. The van der Waals surface area contributed by atoms with Crippen molar-refractivity contribution in [1.29, 1.82) is 0 Å². The minimum absolute atomic E-state index is 0.0805. The average Bonchev–Trinajstić information content (AvgIpc) is 3.01. The molecule has 3 aromatic rings. The largest absolute Gasteiger partial charge is 0.481 e. The van der Waals surface area contributed by atoms with Crippen LogP contribution in [-0.4, -0.2) is 26.6 Å². The lowest BCUT2D eigenvalue weighted by Crippen LogP contribution is -2.36. The van der Waals surface area contributed by atoms with Gasteiger partial charge in [0.1, 0.15) is 5.75 Å². The minimum atomic E-state index is -4.48. The molecule has 2 aromatic heterocycles. The molecule has 9 heteroatoms. The first kappa shape index (κ1) is 18.7. The molecule has 0 fully saturated rings. The summed E-state index contributed by atoms with van der Waals surface area (Å²) in [5, 5.41) is 10.2. The molecule has 0 aliphatic rings. The summed E-state index contributed by atoms with van der Waals surface area (Å²) < 4.78 is 45.4. The Bertz CT molecular complexity index is 969. The molecule has 27 heavy (non-hydrogen) atoms. The number of aromatic nitrogens is 3. The molecule has 0 aliphatic heterocycles. The van der Waals surface area contributed by atoms with Crippen molar-refractivity contribution in [2.45, 2.75) is 32.7 Å². The van der Waals surface area contributed by atoms with Gasteiger partial charge in [0.2, 0.25) is 0 Å². The maximum Gasteiger partial charge on any atom is 0.417 e. The lowest BCUT2D eigenvalue weighted by molar-refractivity contribution is -0.138. The third-order valence-electron chi connectivity index (χ3n) is 3.89. The van der Waals surface area contributed by atoms with Crippen LogP contribution in [0.5, 0.6) is 5.75 Å². The van der Waals surface area contributed by atoms with Gasteiger partial charge in [0.05, 0.1) is 12.1 Å². The van der Waals surface area contributed by atoms with Crippen molar-refractivity contribution < 1.29 is 22.7 Å². The van der Waals surface area contributed by atoms with E-state index >= 15 is 0 Å². The maximum atomic E-state index is 12.9. The highest BCUT2D eigenvalue weighted by Gasteiger charge is 2.31. The topological polar surface area (TPSA) is 68.5 Å². The van der Waals surface area contributed by atoms with Crippen LogP contribution in [0.4, 0.5) is 13.2 Å². The van der Waals surface area contributed by atoms with Crippen LogP contribution in [0.1, 0.15) is 23.9 Å². The monoisotopic (exact) mass is 378 g/mol. The molecule has 0 saturated heterocycles. The molecule has 0 spiro atoms. The number of amides is 1. The fraction of sp³-hybridized carbons (Fsp3) is 0.278. The number of alkyl halides is 3. The predicted octanol–water partition coefficient (Wildman–Crippen LogP) is 3.14. The Labute approximate surface area is 153 Å². The fourth-order valence-electron chi connectivity index (χ4n) is 2.48. The van der Waals surface area contributed by atoms with Gasteiger partial charge in [-0.05, 0) is 43.7 Å². The molecular formula is C18H17F3N4O2. The summed E-state index contributed by atoms with van der Waals surface area (Å²) in [6, 6.07) is 9.42. The van der Waals surface area contributed by atoms with Gasteiger partial charge in [-0.3, -0.25) is 9.20 Å². The van der Waals surface area contributed by atoms with E-state index in [-0.39, 0.29) is 18.0 Å². The van der Waals surface area contributed by atoms with Gasteiger partial charge in [0.25, 0.3) is 5.91 Å². The molecule has 6 nitrogen and oxygen atoms in total. The number of rotatable bonds is 5. The van der Waals surface area contributed by atoms with Crippen molar-refractivity contribution in [3.63, 3.8) is 0 Å². The Hall–Kier alpha value is -3.10. The smallest absolute Gasteiger partial charge is 0.417 e. The van der Waals surface area contributed by atoms with Gasteiger partial charge in [-0.2, -0.15) is 13.2 Å². The Morgan fingerprint density at radius 1 is 1.26 bits per heavy atom. The second kappa shape index (κ2) is 7.26. The number of pyridine rings is 1. The van der Waals surface area contributed by atoms with Crippen molar-refractivity contribution in [3.05, 3.63) is 59.5 Å². The molecule has 1 amide bonds. The van der Waals surface area contributed by atoms with E-state index in [4.69, 9.17) is 4.74 Å². The number of fused-ring (bicyclic) bond motifs is 1. The van der Waals surface area contributed by atoms with Gasteiger partial charge in [0.15, 0.2) is 17.6 Å². The number of hydrogen-bond acceptors (Lipinski definition) is 4. The zero-order chi connectivity index (χ0) is 19.6. The zero-order valence-corrected chi connectivity index (χ0v) is 14.6. The van der Waals surface area contributed by atoms with E-state index in [2.05, 4.69) is 15.5 Å². The molecule has 142 valence electrons. The van der Waals surface area contributed by atoms with Gasteiger partial charge in [-0.1, -0.05) is 12.1 Å². The van der Waals surface area contributed by atoms with E-state index in [1.165, 1.54) is 10.5 Å². The first-order valence-electron chi connectivity index (χ1n) is 8.16. The average molecular weight is 378 g/mol. The van der Waals surface area contributed by atoms with E-state index < -0.39 is 23.8 Å². The number of carbonyl (C=O) groups is 1. The molecule has 0 bridgehead atoms. The summed E-state index contributed by atoms with van der Waals surface area (Å²) in [6.07, 6.45) is -4.35. The number of nitrogens with one attached hydrogen (secondary N) is 1. The number of hydrogen-bond donors (Lipinski definition) is 1. The predicted molar refractivity (Wildman–Crippen MR) is 91.1 cm³/mol. The molecule has 0 radical (unpaired) electrons. The van der Waals surface area contributed by atoms with Crippen LogP contribution in [0.3, 0.4) is 0 Å². The molecule has 3 rings (SSSR count). The number of benzene rings is 1. The first-order chi connectivity index (χ1) is 12.7. The van der Waals surface area contributed by atoms with Crippen LogP contribution in [0, 0.1) is 6.92 Å². The third kappa shape index (κ3) is 4.36. The van der Waals surface area contributed by atoms with E-state index in [0.717, 1.165) is 17.8 Å². The van der Waals surface area contributed by atoms with Gasteiger partial charge < -0.3 is 10.1 Å². The van der Waals surface area contributed by atoms with Gasteiger partial charge in [0, 0.05) is 6.20 Å². The van der Waals surface area contributed by atoms with Crippen molar-refractivity contribution >= 4 is 11.6 Å². The molecule has 1 N–H and O–H groups in total. The Kier molecular flexibility index (Phi) is 5.02. The Morgan fingerprint density at radius 2 is 2.04 bits per heavy atom. The molecule has 1 atom stereocenters. The van der Waals surface area contributed by atoms with Crippen molar-refractivity contribution in [2.24, 2.45) is 0 Å². The standard InChI is InChI=1S/C18H17F3N4O2/c1-11-4-3-5-14(8-11)27-12(2)17(26)22-9-16-24-23-15-7-6-13(10-25(15)16)18(19,20)21/h3-8,10,12H,9H2,1-2H3,(H,22,26). The SMILES string of the molecule is Cc1cccc(OC(C)C(=O)NCc2nnc3ccc(C(F)(F)F)cn23)c1. The van der Waals surface area contributed by atoms with Crippen LogP contribution in [0.2, 0.25) is 0 Å². The normalized spacial score (nSPS) is 12.8. The highest BCUT2D eigenvalue weighted by Crippen LogP contribution is 2.29. The van der Waals surface area contributed by atoms with Crippen LogP contribution in [-0.2, 0) is 17.5 Å². The van der Waals surface area contributed by atoms with E-state index in [0.29, 0.717) is 5.75 Å². The van der Waals surface area contributed by atoms with Crippen molar-refractivity contribution in [1.82, 2.24) is 19.9 Å². The van der Waals surface area contributed by atoms with Crippen molar-refractivity contribution in [2.75, 3.05) is 0 Å². The van der Waals surface area contributed by atoms with E-state index in [1.54, 1.807) is 19.1 Å². The lowest BCUT2D eigenvalue weighted by Gasteiger charge is -2.15. The Balaban J connectivity index is 1.68. The second-order valence-corrected chi connectivity index (χ2v) is 6.05. The summed E-state index contributed by atoms with van der Waals surface area (Å²) in [5.41, 5.74) is 0.436. The molecule has 2 heterocycles. The summed E-state index contributed by atoms with van der Waals surface area (Å²) in [6.45, 7) is 3.41. The van der Waals surface area contributed by atoms with E-state index in [9.17, 15) is 18.0 Å². The van der Waals surface area contributed by atoms with Crippen LogP contribution < -0.4 is 10.1 Å². The third-order valence-corrected chi connectivity index (χ3v) is 3.89. The van der Waals surface area contributed by atoms with Crippen molar-refractivity contribution in [3.8, 4) is 5.75 Å². The number of nitrogens with zero attached hydrogens (tertiary/aromatic N) is 3. The van der Waals surface area contributed by atoms with E-state index in [1.807, 2.05) is 19.1 Å². The quantitative estimate of drug-likeness (QED) is 0.741. The maximum absolute atomic E-state index is 12.9. The van der Waals surface area contributed by atoms with Gasteiger partial charge in [-0.25, -0.2) is 0 Å². The fourth-order valence-corrected chi connectivity index (χ4v) is 2.48. The molecule has 0 saturated carbocycles. The summed E-state index contributed by atoms with van der Waals surface area (Å²) in [5.74, 6) is 0.327. The molecule has 1 unspecified atom stereocenters. The van der Waals surface area contributed by atoms with Crippen LogP contribution in [0.25, 0.3) is 5.65 Å². The summed E-state index contributed by atoms with van der Waals surface area (Å²) in [4.78, 5) is 12.2. The van der Waals surface area contributed by atoms with Crippen LogP contribution >= 0.6 is 0 Å². The molecule has 1 aromatic carbocycles. The van der Waals surface area contributed by atoms with Gasteiger partial charge >= 0.3 is 6.18 Å². The van der Waals surface area contributed by atoms with Gasteiger partial charge in [-0.15, -0.1) is 10.2 Å². The summed E-state index contributed by atoms with van der Waals surface area (Å²) >= 11 is 0. The number of carbonyl (C=O) groups excluding carboxylic acids is 1. The highest BCUT2D eigenvalue weighted by atomic mass is 19.4. The molecule has 0 aliphatic carbocycles. The second-order valence-electron chi connectivity index (χ2n) is 6.05. The summed E-state index contributed by atoms with van der Waals surface area (Å²) in [7, 11) is 0. The number of halogens is 3. The number of aryl methyl sites for hydroxylation is 1. The minimum Gasteiger partial charge on any atom is -0.481 e. The highest BCUT2D eigenvalue weighted by molar-refractivity contribution is 5.80. The lowest BCUT2D eigenvalue weighted by atomic mass is 10.2.